The number of hydrogen-bond donors (Lipinski definition) is 1. The van der Waals surface area contributed by atoms with E-state index in [-0.39, 0.29) is 26.2 Å². The molecule has 2 rings (SSSR count). The second kappa shape index (κ2) is 9.75. The van der Waals surface area contributed by atoms with Crippen LogP contribution in [-0.2, 0) is 25.7 Å². The first-order valence-electron chi connectivity index (χ1n) is 8.97. The van der Waals surface area contributed by atoms with Crippen LogP contribution in [0.1, 0.15) is 31.7 Å². The zero-order valence-electron chi connectivity index (χ0n) is 15.4. The molecule has 0 unspecified atom stereocenters. The minimum absolute atomic E-state index is 0.0258. The Morgan fingerprint density at radius 1 is 1.22 bits per heavy atom. The van der Waals surface area contributed by atoms with Crippen LogP contribution in [0.3, 0.4) is 0 Å². The van der Waals surface area contributed by atoms with Crippen molar-refractivity contribution in [3.05, 3.63) is 48.0 Å². The minimum atomic E-state index is -1.23. The molecule has 0 radical (unpaired) electrons. The molecule has 1 heterocycles. The molecule has 1 saturated heterocycles. The Labute approximate surface area is 158 Å². The van der Waals surface area contributed by atoms with E-state index in [2.05, 4.69) is 6.58 Å². The number of carbonyl (C=O) groups is 3. The number of unbranched alkanes of at least 4 members (excludes halogenated alkanes) is 1. The van der Waals surface area contributed by atoms with Gasteiger partial charge in [-0.1, -0.05) is 55.8 Å². The molecule has 27 heavy (non-hydrogen) atoms. The molecule has 0 bridgehead atoms. The van der Waals surface area contributed by atoms with Crippen molar-refractivity contribution in [1.29, 1.82) is 0 Å². The van der Waals surface area contributed by atoms with Gasteiger partial charge in [-0.2, -0.15) is 0 Å². The molecular weight excluding hydrogens is 350 g/mol. The van der Waals surface area contributed by atoms with Gasteiger partial charge in [0.05, 0.1) is 12.5 Å². The molecule has 1 aromatic carbocycles. The van der Waals surface area contributed by atoms with E-state index in [1.54, 1.807) is 12.1 Å². The summed E-state index contributed by atoms with van der Waals surface area (Å²) in [6.45, 7) is 6.02. The van der Waals surface area contributed by atoms with E-state index in [0.29, 0.717) is 12.0 Å². The summed E-state index contributed by atoms with van der Waals surface area (Å²) in [7, 11) is 0. The van der Waals surface area contributed by atoms with Crippen LogP contribution < -0.4 is 0 Å². The average molecular weight is 375 g/mol. The van der Waals surface area contributed by atoms with Crippen molar-refractivity contribution in [2.24, 2.45) is 5.92 Å². The minimum Gasteiger partial charge on any atom is -0.481 e. The molecule has 7 nitrogen and oxygen atoms in total. The third kappa shape index (κ3) is 5.57. The van der Waals surface area contributed by atoms with Gasteiger partial charge >= 0.3 is 18.0 Å². The largest absolute Gasteiger partial charge is 0.481 e. The molecule has 1 fully saturated rings. The summed E-state index contributed by atoms with van der Waals surface area (Å²) in [5, 5.41) is 9.53. The quantitative estimate of drug-likeness (QED) is 0.447. The normalized spacial score (nSPS) is 19.4. The van der Waals surface area contributed by atoms with Crippen molar-refractivity contribution in [3.8, 4) is 0 Å². The monoisotopic (exact) mass is 375 g/mol. The van der Waals surface area contributed by atoms with Crippen LogP contribution in [0.2, 0.25) is 0 Å². The molecule has 1 aliphatic rings. The zero-order chi connectivity index (χ0) is 19.8. The van der Waals surface area contributed by atoms with E-state index < -0.39 is 30.0 Å². The van der Waals surface area contributed by atoms with Gasteiger partial charge in [0, 0.05) is 6.54 Å². The predicted octanol–water partition coefficient (Wildman–Crippen LogP) is 3.00. The molecule has 7 heteroatoms. The molecule has 0 spiro atoms. The fourth-order valence-corrected chi connectivity index (χ4v) is 2.94. The van der Waals surface area contributed by atoms with Gasteiger partial charge in [-0.15, -0.1) is 0 Å². The number of ether oxygens (including phenoxy) is 2. The topological polar surface area (TPSA) is 93.1 Å². The highest BCUT2D eigenvalue weighted by Gasteiger charge is 2.45. The average Bonchev–Trinajstić information content (AvgIpc) is 2.66. The summed E-state index contributed by atoms with van der Waals surface area (Å²) in [6.07, 6.45) is 0.857. The Morgan fingerprint density at radius 3 is 2.56 bits per heavy atom. The molecule has 2 atom stereocenters. The van der Waals surface area contributed by atoms with Crippen molar-refractivity contribution in [2.45, 2.75) is 38.8 Å². The number of aliphatic carboxylic acids is 1. The Bertz CT molecular complexity index is 687. The molecule has 0 aliphatic carbocycles. The van der Waals surface area contributed by atoms with Crippen LogP contribution in [0, 0.1) is 5.92 Å². The Kier molecular flexibility index (Phi) is 7.40. The van der Waals surface area contributed by atoms with Gasteiger partial charge in [0.25, 0.3) is 0 Å². The first-order chi connectivity index (χ1) is 12.9. The second-order valence-electron chi connectivity index (χ2n) is 6.53. The van der Waals surface area contributed by atoms with Crippen molar-refractivity contribution in [2.75, 3.05) is 13.2 Å². The maximum atomic E-state index is 12.6. The Hall–Kier alpha value is -2.83. The molecule has 0 aromatic heterocycles. The molecule has 146 valence electrons. The van der Waals surface area contributed by atoms with Gasteiger partial charge in [0.2, 0.25) is 0 Å². The maximum Gasteiger partial charge on any atom is 0.411 e. The molecular formula is C20H25NO6. The van der Waals surface area contributed by atoms with Crippen LogP contribution in [0.15, 0.2) is 42.5 Å². The van der Waals surface area contributed by atoms with Crippen molar-refractivity contribution in [3.63, 3.8) is 0 Å². The number of rotatable bonds is 7. The fraction of sp³-hybridized carbons (Fsp3) is 0.450. The van der Waals surface area contributed by atoms with Crippen LogP contribution in [0.25, 0.3) is 0 Å². The fourth-order valence-electron chi connectivity index (χ4n) is 2.94. The summed E-state index contributed by atoms with van der Waals surface area (Å²) in [6, 6.07) is 7.87. The number of benzene rings is 1. The van der Waals surface area contributed by atoms with Gasteiger partial charge in [0.1, 0.15) is 12.6 Å². The molecule has 0 saturated carbocycles. The number of amides is 1. The highest BCUT2D eigenvalue weighted by Crippen LogP contribution is 2.28. The number of piperidine rings is 1. The summed E-state index contributed by atoms with van der Waals surface area (Å²) in [5.74, 6) is -3.00. The van der Waals surface area contributed by atoms with Crippen molar-refractivity contribution in [1.82, 2.24) is 4.90 Å². The van der Waals surface area contributed by atoms with Gasteiger partial charge in [-0.25, -0.2) is 9.59 Å². The van der Waals surface area contributed by atoms with Crippen molar-refractivity contribution >= 4 is 18.0 Å². The molecule has 1 aromatic rings. The lowest BCUT2D eigenvalue weighted by atomic mass is 9.87. The second-order valence-corrected chi connectivity index (χ2v) is 6.53. The smallest absolute Gasteiger partial charge is 0.411 e. The highest BCUT2D eigenvalue weighted by molar-refractivity contribution is 5.88. The lowest BCUT2D eigenvalue weighted by Crippen LogP contribution is -2.55. The van der Waals surface area contributed by atoms with Gasteiger partial charge in [0.15, 0.2) is 0 Å². The number of hydrogen-bond acceptors (Lipinski definition) is 5. The highest BCUT2D eigenvalue weighted by atomic mass is 16.6. The zero-order valence-corrected chi connectivity index (χ0v) is 15.4. The van der Waals surface area contributed by atoms with Gasteiger partial charge in [-0.05, 0) is 18.4 Å². The van der Waals surface area contributed by atoms with Gasteiger partial charge < -0.3 is 14.6 Å². The molecule has 1 aliphatic heterocycles. The third-order valence-electron chi connectivity index (χ3n) is 4.36. The van der Waals surface area contributed by atoms with E-state index in [1.807, 2.05) is 25.1 Å². The number of carboxylic acid groups (broad SMARTS) is 1. The SMILES string of the molecule is C=C1C[C@H](C(=O)O)[C@@H](C(=O)OCCCC)N(C(=O)OCc2ccccc2)C1. The van der Waals surface area contributed by atoms with Crippen LogP contribution >= 0.6 is 0 Å². The van der Waals surface area contributed by atoms with Crippen molar-refractivity contribution < 1.29 is 29.0 Å². The van der Waals surface area contributed by atoms with E-state index in [9.17, 15) is 19.5 Å². The van der Waals surface area contributed by atoms with E-state index >= 15 is 0 Å². The standard InChI is InChI=1S/C20H25NO6/c1-3-4-10-26-19(24)17-16(18(22)23)11-14(2)12-21(17)20(25)27-13-15-8-6-5-7-9-15/h5-9,16-17H,2-4,10-13H2,1H3,(H,22,23)/t16-,17-/m0/s1. The number of nitrogens with zero attached hydrogens (tertiary/aromatic N) is 1. The van der Waals surface area contributed by atoms with Gasteiger partial charge in [-0.3, -0.25) is 9.69 Å². The first-order valence-corrected chi connectivity index (χ1v) is 8.97. The number of carbonyl (C=O) groups excluding carboxylic acids is 2. The maximum absolute atomic E-state index is 12.6. The summed E-state index contributed by atoms with van der Waals surface area (Å²) in [5.41, 5.74) is 1.34. The summed E-state index contributed by atoms with van der Waals surface area (Å²) < 4.78 is 10.5. The first kappa shape index (κ1) is 20.5. The summed E-state index contributed by atoms with van der Waals surface area (Å²) >= 11 is 0. The predicted molar refractivity (Wildman–Crippen MR) is 97.9 cm³/mol. The molecule has 1 amide bonds. The third-order valence-corrected chi connectivity index (χ3v) is 4.36. The number of esters is 1. The Morgan fingerprint density at radius 2 is 1.93 bits per heavy atom. The number of carboxylic acids is 1. The van der Waals surface area contributed by atoms with E-state index in [0.717, 1.165) is 16.9 Å². The number of likely N-dealkylation sites (tertiary alicyclic amines) is 1. The lowest BCUT2D eigenvalue weighted by Gasteiger charge is -2.38. The van der Waals surface area contributed by atoms with Crippen LogP contribution in [0.5, 0.6) is 0 Å². The summed E-state index contributed by atoms with van der Waals surface area (Å²) in [4.78, 5) is 37.9. The lowest BCUT2D eigenvalue weighted by molar-refractivity contribution is -0.160. The Balaban J connectivity index is 2.14. The van der Waals surface area contributed by atoms with Crippen LogP contribution in [0.4, 0.5) is 4.79 Å². The van der Waals surface area contributed by atoms with Crippen LogP contribution in [-0.4, -0.2) is 47.2 Å². The van der Waals surface area contributed by atoms with E-state index in [1.165, 1.54) is 0 Å². The molecule has 1 N–H and O–H groups in total. The van der Waals surface area contributed by atoms with E-state index in [4.69, 9.17) is 9.47 Å².